The Kier molecular flexibility index (Phi) is 4.60. The molecule has 2 aromatic rings. The van der Waals surface area contributed by atoms with Crippen LogP contribution in [0, 0.1) is 0 Å². The number of amides is 1. The van der Waals surface area contributed by atoms with Gasteiger partial charge in [-0.25, -0.2) is 9.48 Å². The molecule has 1 amide bonds. The van der Waals surface area contributed by atoms with Gasteiger partial charge >= 0.3 is 5.97 Å². The van der Waals surface area contributed by atoms with Gasteiger partial charge in [-0.05, 0) is 34.7 Å². The molecule has 0 unspecified atom stereocenters. The number of nitrogens with zero attached hydrogens (tertiary/aromatic N) is 4. The second kappa shape index (κ2) is 6.60. The minimum Gasteiger partial charge on any atom is -0.465 e. The number of nitrogens with one attached hydrogen (secondary N) is 1. The molecule has 1 aromatic carbocycles. The minimum absolute atomic E-state index is 0.0366. The Morgan fingerprint density at radius 2 is 2.00 bits per heavy atom. The number of methoxy groups -OCH3 is 1. The van der Waals surface area contributed by atoms with Gasteiger partial charge in [0.05, 0.1) is 12.7 Å². The van der Waals surface area contributed by atoms with Crippen LogP contribution in [0.4, 0.5) is 5.69 Å². The third-order valence-electron chi connectivity index (χ3n) is 2.81. The van der Waals surface area contributed by atoms with Gasteiger partial charge < -0.3 is 10.1 Å². The maximum atomic E-state index is 11.9. The molecule has 0 fully saturated rings. The lowest BCUT2D eigenvalue weighted by molar-refractivity contribution is -0.117. The van der Waals surface area contributed by atoms with Crippen LogP contribution in [0.2, 0.25) is 0 Å². The molecular weight excluding hydrogens is 274 g/mol. The lowest BCUT2D eigenvalue weighted by Gasteiger charge is -2.06. The average Bonchev–Trinajstić information content (AvgIpc) is 2.94. The van der Waals surface area contributed by atoms with Crippen molar-refractivity contribution in [2.24, 2.45) is 0 Å². The normalized spacial score (nSPS) is 10.2. The zero-order chi connectivity index (χ0) is 15.2. The molecule has 8 heteroatoms. The number of aromatic nitrogens is 4. The largest absolute Gasteiger partial charge is 0.465 e. The van der Waals surface area contributed by atoms with E-state index in [4.69, 9.17) is 0 Å². The zero-order valence-corrected chi connectivity index (χ0v) is 11.7. The number of anilines is 1. The summed E-state index contributed by atoms with van der Waals surface area (Å²) in [6.45, 7) is 1.95. The highest BCUT2D eigenvalue weighted by molar-refractivity contribution is 5.92. The Morgan fingerprint density at radius 3 is 2.62 bits per heavy atom. The van der Waals surface area contributed by atoms with E-state index in [9.17, 15) is 9.59 Å². The van der Waals surface area contributed by atoms with Crippen molar-refractivity contribution in [3.8, 4) is 0 Å². The van der Waals surface area contributed by atoms with Crippen LogP contribution in [0.25, 0.3) is 0 Å². The van der Waals surface area contributed by atoms with E-state index in [2.05, 4.69) is 25.6 Å². The molecule has 0 aliphatic carbocycles. The van der Waals surface area contributed by atoms with Crippen molar-refractivity contribution in [3.05, 3.63) is 35.7 Å². The van der Waals surface area contributed by atoms with E-state index < -0.39 is 5.97 Å². The summed E-state index contributed by atoms with van der Waals surface area (Å²) in [4.78, 5) is 23.2. The highest BCUT2D eigenvalue weighted by Crippen LogP contribution is 2.10. The van der Waals surface area contributed by atoms with Crippen LogP contribution in [0.3, 0.4) is 0 Å². The molecular formula is C13H15N5O3. The highest BCUT2D eigenvalue weighted by Gasteiger charge is 2.10. The molecule has 2 rings (SSSR count). The Bertz CT molecular complexity index is 636. The molecule has 8 nitrogen and oxygen atoms in total. The van der Waals surface area contributed by atoms with Crippen molar-refractivity contribution in [1.29, 1.82) is 0 Å². The van der Waals surface area contributed by atoms with Crippen molar-refractivity contribution < 1.29 is 14.3 Å². The summed E-state index contributed by atoms with van der Waals surface area (Å²) < 4.78 is 6.04. The molecule has 1 N–H and O–H groups in total. The van der Waals surface area contributed by atoms with Crippen molar-refractivity contribution in [2.75, 3.05) is 12.4 Å². The van der Waals surface area contributed by atoms with Gasteiger partial charge in [0.2, 0.25) is 5.91 Å². The smallest absolute Gasteiger partial charge is 0.337 e. The van der Waals surface area contributed by atoms with E-state index in [1.165, 1.54) is 11.8 Å². The number of tetrazole rings is 1. The Labute approximate surface area is 121 Å². The second-order valence-corrected chi connectivity index (χ2v) is 4.22. The molecule has 0 saturated heterocycles. The van der Waals surface area contributed by atoms with Gasteiger partial charge in [0.15, 0.2) is 5.82 Å². The maximum Gasteiger partial charge on any atom is 0.337 e. The molecule has 0 atom stereocenters. The summed E-state index contributed by atoms with van der Waals surface area (Å²) in [6, 6.07) is 6.42. The van der Waals surface area contributed by atoms with Gasteiger partial charge in [-0.3, -0.25) is 4.79 Å². The molecule has 21 heavy (non-hydrogen) atoms. The number of esters is 1. The number of aryl methyl sites for hydroxylation is 1. The lowest BCUT2D eigenvalue weighted by atomic mass is 10.2. The number of benzene rings is 1. The molecule has 1 heterocycles. The monoisotopic (exact) mass is 289 g/mol. The molecule has 0 spiro atoms. The molecule has 0 radical (unpaired) electrons. The lowest BCUT2D eigenvalue weighted by Crippen LogP contribution is -2.21. The predicted molar refractivity (Wildman–Crippen MR) is 73.6 cm³/mol. The van der Waals surface area contributed by atoms with Gasteiger partial charge in [0.1, 0.15) is 6.54 Å². The molecule has 0 aliphatic rings. The van der Waals surface area contributed by atoms with Crippen LogP contribution in [-0.4, -0.2) is 39.2 Å². The second-order valence-electron chi connectivity index (χ2n) is 4.22. The van der Waals surface area contributed by atoms with E-state index >= 15 is 0 Å². The molecule has 110 valence electrons. The first-order valence-corrected chi connectivity index (χ1v) is 6.37. The van der Waals surface area contributed by atoms with E-state index in [1.807, 2.05) is 6.92 Å². The van der Waals surface area contributed by atoms with Crippen LogP contribution in [0.1, 0.15) is 23.1 Å². The number of rotatable bonds is 5. The SMILES string of the molecule is CCc1nnnn1CC(=O)Nc1ccc(C(=O)OC)cc1. The third-order valence-corrected chi connectivity index (χ3v) is 2.81. The van der Waals surface area contributed by atoms with Crippen LogP contribution < -0.4 is 5.32 Å². The van der Waals surface area contributed by atoms with Crippen LogP contribution >= 0.6 is 0 Å². The van der Waals surface area contributed by atoms with Crippen molar-refractivity contribution in [1.82, 2.24) is 20.2 Å². The summed E-state index contributed by atoms with van der Waals surface area (Å²) in [6.07, 6.45) is 0.647. The fraction of sp³-hybridized carbons (Fsp3) is 0.308. The van der Waals surface area contributed by atoms with Gasteiger partial charge in [-0.1, -0.05) is 6.92 Å². The first kappa shape index (κ1) is 14.6. The highest BCUT2D eigenvalue weighted by atomic mass is 16.5. The van der Waals surface area contributed by atoms with Gasteiger partial charge in [-0.2, -0.15) is 0 Å². The van der Waals surface area contributed by atoms with Crippen molar-refractivity contribution in [3.63, 3.8) is 0 Å². The first-order chi connectivity index (χ1) is 10.1. The standard InChI is InChI=1S/C13H15N5O3/c1-3-11-15-16-17-18(11)8-12(19)14-10-6-4-9(5-7-10)13(20)21-2/h4-7H,3,8H2,1-2H3,(H,14,19). The van der Waals surface area contributed by atoms with E-state index in [1.54, 1.807) is 24.3 Å². The van der Waals surface area contributed by atoms with E-state index in [0.29, 0.717) is 23.5 Å². The summed E-state index contributed by atoms with van der Waals surface area (Å²) in [5, 5.41) is 13.8. The quantitative estimate of drug-likeness (QED) is 0.812. The van der Waals surface area contributed by atoms with Gasteiger partial charge in [0, 0.05) is 12.1 Å². The van der Waals surface area contributed by atoms with Crippen LogP contribution in [0.15, 0.2) is 24.3 Å². The molecule has 1 aromatic heterocycles. The topological polar surface area (TPSA) is 99.0 Å². The summed E-state index contributed by atoms with van der Waals surface area (Å²) in [7, 11) is 1.31. The van der Waals surface area contributed by atoms with Gasteiger partial charge in [-0.15, -0.1) is 5.10 Å². The molecule has 0 aliphatic heterocycles. The first-order valence-electron chi connectivity index (χ1n) is 6.37. The van der Waals surface area contributed by atoms with Crippen molar-refractivity contribution in [2.45, 2.75) is 19.9 Å². The van der Waals surface area contributed by atoms with E-state index in [-0.39, 0.29) is 12.5 Å². The summed E-state index contributed by atoms with van der Waals surface area (Å²) >= 11 is 0. The summed E-state index contributed by atoms with van der Waals surface area (Å²) in [5.41, 5.74) is 1.00. The fourth-order valence-electron chi connectivity index (χ4n) is 1.74. The molecule has 0 bridgehead atoms. The Hall–Kier alpha value is -2.77. The van der Waals surface area contributed by atoms with Crippen LogP contribution in [-0.2, 0) is 22.5 Å². The fourth-order valence-corrected chi connectivity index (χ4v) is 1.74. The third kappa shape index (κ3) is 3.62. The van der Waals surface area contributed by atoms with Crippen LogP contribution in [0.5, 0.6) is 0 Å². The number of carbonyl (C=O) groups excluding carboxylic acids is 2. The van der Waals surface area contributed by atoms with Gasteiger partial charge in [0.25, 0.3) is 0 Å². The number of ether oxygens (including phenoxy) is 1. The minimum atomic E-state index is -0.422. The number of hydrogen-bond donors (Lipinski definition) is 1. The Balaban J connectivity index is 1.98. The van der Waals surface area contributed by atoms with E-state index in [0.717, 1.165) is 0 Å². The van der Waals surface area contributed by atoms with Crippen molar-refractivity contribution >= 4 is 17.6 Å². The maximum absolute atomic E-state index is 11.9. The zero-order valence-electron chi connectivity index (χ0n) is 11.7. The average molecular weight is 289 g/mol. The summed E-state index contributed by atoms with van der Waals surface area (Å²) in [5.74, 6) is -0.0249. The number of carbonyl (C=O) groups is 2. The Morgan fingerprint density at radius 1 is 1.29 bits per heavy atom. The predicted octanol–water partition coefficient (Wildman–Crippen LogP) is 0.661. The molecule has 0 saturated carbocycles. The number of hydrogen-bond acceptors (Lipinski definition) is 6.